The van der Waals surface area contributed by atoms with Crippen molar-refractivity contribution < 1.29 is 18.3 Å². The predicted molar refractivity (Wildman–Crippen MR) is 131 cm³/mol. The summed E-state index contributed by atoms with van der Waals surface area (Å²) >= 11 is 0. The van der Waals surface area contributed by atoms with Crippen LogP contribution in [0.3, 0.4) is 0 Å². The Labute approximate surface area is 213 Å². The molecular formula is C23H24Cl2F2N6O2. The van der Waals surface area contributed by atoms with Crippen molar-refractivity contribution in [2.75, 3.05) is 23.3 Å². The molecule has 0 atom stereocenters. The predicted octanol–water partition coefficient (Wildman–Crippen LogP) is 5.05. The minimum absolute atomic E-state index is 0. The van der Waals surface area contributed by atoms with E-state index >= 15 is 0 Å². The summed E-state index contributed by atoms with van der Waals surface area (Å²) in [5.74, 6) is 0.383. The molecule has 0 bridgehead atoms. The van der Waals surface area contributed by atoms with Gasteiger partial charge in [0.25, 0.3) is 0 Å². The van der Waals surface area contributed by atoms with Gasteiger partial charge in [0.2, 0.25) is 0 Å². The molecule has 1 saturated heterocycles. The number of carbonyl (C=O) groups is 1. The van der Waals surface area contributed by atoms with Gasteiger partial charge in [0.05, 0.1) is 12.2 Å². The summed E-state index contributed by atoms with van der Waals surface area (Å²) in [6.07, 6.45) is 4.52. The third-order valence-electron chi connectivity index (χ3n) is 6.26. The smallest absolute Gasteiger partial charge is 0.416 e. The number of nitrogens with zero attached hydrogens (tertiary/aromatic N) is 5. The molecule has 1 aromatic carbocycles. The van der Waals surface area contributed by atoms with E-state index in [1.807, 2.05) is 0 Å². The van der Waals surface area contributed by atoms with Crippen LogP contribution in [0.1, 0.15) is 25.7 Å². The van der Waals surface area contributed by atoms with Crippen LogP contribution in [0.2, 0.25) is 0 Å². The van der Waals surface area contributed by atoms with E-state index in [1.165, 1.54) is 0 Å². The third kappa shape index (κ3) is 5.76. The summed E-state index contributed by atoms with van der Waals surface area (Å²) in [6, 6.07) is 10.0. The summed E-state index contributed by atoms with van der Waals surface area (Å²) in [6.45, 7) is 1.18. The van der Waals surface area contributed by atoms with Crippen LogP contribution in [0.5, 0.6) is 0 Å². The van der Waals surface area contributed by atoms with E-state index in [1.54, 1.807) is 35.4 Å². The average Bonchev–Trinajstić information content (AvgIpc) is 3.17. The Morgan fingerprint density at radius 2 is 1.86 bits per heavy atom. The van der Waals surface area contributed by atoms with Crippen molar-refractivity contribution in [1.29, 1.82) is 0 Å². The van der Waals surface area contributed by atoms with Crippen LogP contribution in [0, 0.1) is 17.6 Å². The summed E-state index contributed by atoms with van der Waals surface area (Å²) in [7, 11) is 0. The highest BCUT2D eigenvalue weighted by Crippen LogP contribution is 2.40. The summed E-state index contributed by atoms with van der Waals surface area (Å²) < 4.78 is 33.1. The van der Waals surface area contributed by atoms with Gasteiger partial charge in [-0.3, -0.25) is 4.90 Å². The number of benzene rings is 1. The molecule has 1 saturated carbocycles. The molecule has 5 rings (SSSR count). The van der Waals surface area contributed by atoms with Crippen LogP contribution in [-0.2, 0) is 4.74 Å². The Morgan fingerprint density at radius 3 is 2.54 bits per heavy atom. The molecular weight excluding hydrogens is 501 g/mol. The second-order valence-electron chi connectivity index (χ2n) is 8.47. The number of rotatable bonds is 5. The van der Waals surface area contributed by atoms with Gasteiger partial charge in [0, 0.05) is 18.3 Å². The van der Waals surface area contributed by atoms with Gasteiger partial charge in [0.1, 0.15) is 23.1 Å². The van der Waals surface area contributed by atoms with E-state index in [9.17, 15) is 13.6 Å². The van der Waals surface area contributed by atoms with E-state index < -0.39 is 17.2 Å². The highest BCUT2D eigenvalue weighted by atomic mass is 35.5. The number of anilines is 2. The molecule has 2 aromatic heterocycles. The first-order valence-electron chi connectivity index (χ1n) is 10.8. The number of ether oxygens (including phenoxy) is 1. The number of hydrogen-bond acceptors (Lipinski definition) is 7. The number of aromatic nitrogens is 4. The van der Waals surface area contributed by atoms with Crippen molar-refractivity contribution in [3.05, 3.63) is 60.3 Å². The zero-order valence-electron chi connectivity index (χ0n) is 18.6. The molecule has 0 unspecified atom stereocenters. The van der Waals surface area contributed by atoms with Crippen molar-refractivity contribution in [2.45, 2.75) is 31.3 Å². The molecule has 186 valence electrons. The number of halogens is 4. The first-order chi connectivity index (χ1) is 16.0. The van der Waals surface area contributed by atoms with Gasteiger partial charge in [-0.25, -0.2) is 13.6 Å². The maximum Gasteiger partial charge on any atom is 0.416 e. The Balaban J connectivity index is 0.00000171. The van der Waals surface area contributed by atoms with Crippen molar-refractivity contribution in [3.63, 3.8) is 0 Å². The number of carbonyl (C=O) groups excluding carboxylic acids is 1. The van der Waals surface area contributed by atoms with Gasteiger partial charge in [-0.2, -0.15) is 5.10 Å². The molecule has 1 aliphatic heterocycles. The van der Waals surface area contributed by atoms with Crippen molar-refractivity contribution >= 4 is 42.5 Å². The van der Waals surface area contributed by atoms with Gasteiger partial charge < -0.3 is 10.1 Å². The molecule has 12 heteroatoms. The highest BCUT2D eigenvalue weighted by molar-refractivity contribution is 5.89. The van der Waals surface area contributed by atoms with Crippen LogP contribution >= 0.6 is 24.8 Å². The maximum atomic E-state index is 13.9. The Hall–Kier alpha value is -3.11. The van der Waals surface area contributed by atoms with Gasteiger partial charge in [0.15, 0.2) is 5.82 Å². The lowest BCUT2D eigenvalue weighted by Crippen LogP contribution is -2.39. The fraction of sp³-hybridized carbons (Fsp3) is 0.348. The van der Waals surface area contributed by atoms with Gasteiger partial charge >= 0.3 is 6.09 Å². The van der Waals surface area contributed by atoms with Crippen molar-refractivity contribution in [3.8, 4) is 11.3 Å². The van der Waals surface area contributed by atoms with Crippen LogP contribution in [0.4, 0.5) is 25.2 Å². The lowest BCUT2D eigenvalue weighted by atomic mass is 9.78. The molecule has 2 aliphatic rings. The van der Waals surface area contributed by atoms with Crippen LogP contribution in [0.15, 0.2) is 48.7 Å². The molecule has 35 heavy (non-hydrogen) atoms. The van der Waals surface area contributed by atoms with E-state index in [0.717, 1.165) is 43.9 Å². The average molecular weight is 525 g/mol. The Kier molecular flexibility index (Phi) is 8.39. The molecule has 3 aromatic rings. The highest BCUT2D eigenvalue weighted by Gasteiger charge is 2.48. The van der Waals surface area contributed by atoms with E-state index in [0.29, 0.717) is 30.6 Å². The number of nitrogens with one attached hydrogen (secondary N) is 1. The standard InChI is InChI=1S/C23H22F2N6O2.2ClH/c24-16-3-4-18(25)17(12-16)19-5-6-20(29-28-19)26-13-15-7-9-23(10-8-15)14-31(22(32)33-23)21-2-1-11-27-30-21;;/h1-6,11-12,15H,7-10,13-14H2,(H,26,29);2*1H/t15-,23-;;. The van der Waals surface area contributed by atoms with Crippen LogP contribution in [0.25, 0.3) is 11.3 Å². The molecule has 1 spiro atoms. The normalized spacial score (nSPS) is 21.1. The summed E-state index contributed by atoms with van der Waals surface area (Å²) in [5.41, 5.74) is -0.136. The van der Waals surface area contributed by atoms with Crippen LogP contribution < -0.4 is 10.2 Å². The summed E-state index contributed by atoms with van der Waals surface area (Å²) in [5, 5.41) is 19.2. The fourth-order valence-corrected chi connectivity index (χ4v) is 4.42. The quantitative estimate of drug-likeness (QED) is 0.498. The second kappa shape index (κ2) is 11.1. The van der Waals surface area contributed by atoms with Gasteiger partial charge in [-0.1, -0.05) is 0 Å². The van der Waals surface area contributed by atoms with E-state index in [-0.39, 0.29) is 42.2 Å². The fourth-order valence-electron chi connectivity index (χ4n) is 4.42. The van der Waals surface area contributed by atoms with Gasteiger partial charge in [-0.05, 0) is 74.1 Å². The van der Waals surface area contributed by atoms with E-state index in [4.69, 9.17) is 4.74 Å². The van der Waals surface area contributed by atoms with E-state index in [2.05, 4.69) is 25.7 Å². The minimum atomic E-state index is -0.548. The molecule has 1 aliphatic carbocycles. The first kappa shape index (κ1) is 26.5. The SMILES string of the molecule is Cl.Cl.O=C1O[C@]2(CC[C@H](CNc3ccc(-c4cc(F)ccc4F)nn3)CC2)CN1c1cccnn1. The second-order valence-corrected chi connectivity index (χ2v) is 8.47. The Morgan fingerprint density at radius 1 is 1.06 bits per heavy atom. The van der Waals surface area contributed by atoms with Crippen molar-refractivity contribution in [1.82, 2.24) is 20.4 Å². The molecule has 8 nitrogen and oxygen atoms in total. The summed E-state index contributed by atoms with van der Waals surface area (Å²) in [4.78, 5) is 13.9. The van der Waals surface area contributed by atoms with Crippen LogP contribution in [-0.4, -0.2) is 45.2 Å². The third-order valence-corrected chi connectivity index (χ3v) is 6.26. The molecule has 3 heterocycles. The lowest BCUT2D eigenvalue weighted by Gasteiger charge is -2.35. The number of hydrogen-bond donors (Lipinski definition) is 1. The zero-order valence-corrected chi connectivity index (χ0v) is 20.2. The lowest BCUT2D eigenvalue weighted by molar-refractivity contribution is 0.0148. The molecule has 0 radical (unpaired) electrons. The number of amides is 1. The molecule has 1 N–H and O–H groups in total. The topological polar surface area (TPSA) is 93.1 Å². The largest absolute Gasteiger partial charge is 0.441 e. The minimum Gasteiger partial charge on any atom is -0.441 e. The zero-order chi connectivity index (χ0) is 22.8. The first-order valence-corrected chi connectivity index (χ1v) is 10.8. The maximum absolute atomic E-state index is 13.9. The van der Waals surface area contributed by atoms with Crippen molar-refractivity contribution in [2.24, 2.45) is 5.92 Å². The molecule has 2 fully saturated rings. The van der Waals surface area contributed by atoms with Gasteiger partial charge in [-0.15, -0.1) is 40.1 Å². The Bertz CT molecular complexity index is 1150. The monoisotopic (exact) mass is 524 g/mol. The molecule has 1 amide bonds.